The van der Waals surface area contributed by atoms with Crippen LogP contribution in [0.15, 0.2) is 48.5 Å². The number of nitrogens with zero attached hydrogens (tertiary/aromatic N) is 4. The minimum atomic E-state index is -0.434. The minimum absolute atomic E-state index is 0.434. The number of benzene rings is 2. The van der Waals surface area contributed by atoms with E-state index in [9.17, 15) is 4.79 Å². The molecule has 0 atom stereocenters. The Hall–Kier alpha value is -4.07. The molecule has 42 heavy (non-hydrogen) atoms. The zero-order valence-corrected chi connectivity index (χ0v) is 25.3. The smallest absolute Gasteiger partial charge is 0.301 e. The highest BCUT2D eigenvalue weighted by atomic mass is 32.1. The second-order valence-corrected chi connectivity index (χ2v) is 10.9. The Balaban J connectivity index is 1.42. The first-order valence-corrected chi connectivity index (χ1v) is 14.8. The molecule has 0 unspecified atom stereocenters. The van der Waals surface area contributed by atoms with E-state index in [1.807, 2.05) is 31.2 Å². The first-order valence-electron chi connectivity index (χ1n) is 14.3. The Morgan fingerprint density at radius 2 is 1.71 bits per heavy atom. The van der Waals surface area contributed by atoms with Crippen molar-refractivity contribution in [1.29, 1.82) is 0 Å². The predicted octanol–water partition coefficient (Wildman–Crippen LogP) is 5.51. The number of aryl methyl sites for hydroxylation is 1. The molecule has 0 bridgehead atoms. The van der Waals surface area contributed by atoms with E-state index in [1.54, 1.807) is 13.2 Å². The van der Waals surface area contributed by atoms with Crippen molar-refractivity contribution in [3.63, 3.8) is 0 Å². The van der Waals surface area contributed by atoms with Crippen molar-refractivity contribution in [3.8, 4) is 28.6 Å². The topological polar surface area (TPSA) is 82.2 Å². The normalized spacial score (nSPS) is 15.4. The SMILES string of the molecule is COc1cc(N2CCN(C)CC2)ccc1Nc1ccc(N2CCCCC2)c(Oc2ccc(C)c(NC(=O)C#CS)c2)n1. The summed E-state index contributed by atoms with van der Waals surface area (Å²) in [5.74, 6) is 4.40. The third-order valence-corrected chi connectivity index (χ3v) is 7.81. The fraction of sp³-hybridized carbons (Fsp3) is 0.375. The quantitative estimate of drug-likeness (QED) is 0.236. The molecule has 0 radical (unpaired) electrons. The number of pyridine rings is 1. The summed E-state index contributed by atoms with van der Waals surface area (Å²) in [4.78, 5) is 24.0. The number of hydrogen-bond acceptors (Lipinski definition) is 9. The number of thiol groups is 1. The summed E-state index contributed by atoms with van der Waals surface area (Å²) in [6.07, 6.45) is 3.48. The van der Waals surface area contributed by atoms with E-state index in [0.29, 0.717) is 23.1 Å². The fourth-order valence-corrected chi connectivity index (χ4v) is 5.35. The number of aromatic nitrogens is 1. The molecule has 10 heteroatoms. The predicted molar refractivity (Wildman–Crippen MR) is 173 cm³/mol. The van der Waals surface area contributed by atoms with Gasteiger partial charge in [-0.2, -0.15) is 4.98 Å². The number of amides is 1. The largest absolute Gasteiger partial charge is 0.494 e. The number of carbonyl (C=O) groups excluding carboxylic acids is 1. The average molecular weight is 587 g/mol. The lowest BCUT2D eigenvalue weighted by Crippen LogP contribution is -2.44. The minimum Gasteiger partial charge on any atom is -0.494 e. The fourth-order valence-electron chi connectivity index (χ4n) is 5.25. The van der Waals surface area contributed by atoms with E-state index in [1.165, 1.54) is 6.42 Å². The zero-order chi connectivity index (χ0) is 29.5. The van der Waals surface area contributed by atoms with Gasteiger partial charge < -0.3 is 34.8 Å². The van der Waals surface area contributed by atoms with Gasteiger partial charge in [-0.3, -0.25) is 4.79 Å². The summed E-state index contributed by atoms with van der Waals surface area (Å²) in [6, 6.07) is 15.8. The number of carbonyl (C=O) groups is 1. The van der Waals surface area contributed by atoms with Crippen molar-refractivity contribution in [1.82, 2.24) is 9.88 Å². The number of piperazine rings is 1. The van der Waals surface area contributed by atoms with E-state index < -0.39 is 5.91 Å². The van der Waals surface area contributed by atoms with Crippen LogP contribution in [-0.4, -0.2) is 69.2 Å². The van der Waals surface area contributed by atoms with Gasteiger partial charge in [0.15, 0.2) is 0 Å². The van der Waals surface area contributed by atoms with Gasteiger partial charge in [0.1, 0.15) is 23.0 Å². The molecule has 2 aliphatic heterocycles. The van der Waals surface area contributed by atoms with Gasteiger partial charge >= 0.3 is 5.91 Å². The molecular weight excluding hydrogens is 548 g/mol. The molecule has 2 N–H and O–H groups in total. The number of likely N-dealkylation sites (N-methyl/N-ethyl adjacent to an activating group) is 1. The summed E-state index contributed by atoms with van der Waals surface area (Å²) in [5.41, 5.74) is 4.41. The first-order chi connectivity index (χ1) is 20.4. The van der Waals surface area contributed by atoms with Gasteiger partial charge in [0, 0.05) is 68.7 Å². The maximum atomic E-state index is 12.1. The molecule has 0 aliphatic carbocycles. The van der Waals surface area contributed by atoms with Crippen molar-refractivity contribution < 1.29 is 14.3 Å². The molecule has 2 aliphatic rings. The number of methoxy groups -OCH3 is 1. The summed E-state index contributed by atoms with van der Waals surface area (Å²) in [7, 11) is 3.84. The highest BCUT2D eigenvalue weighted by Gasteiger charge is 2.20. The van der Waals surface area contributed by atoms with Gasteiger partial charge in [-0.1, -0.05) is 18.7 Å². The third kappa shape index (κ3) is 7.22. The van der Waals surface area contributed by atoms with E-state index in [-0.39, 0.29) is 0 Å². The van der Waals surface area contributed by atoms with Crippen LogP contribution in [0.5, 0.6) is 17.4 Å². The lowest BCUT2D eigenvalue weighted by Gasteiger charge is -2.34. The van der Waals surface area contributed by atoms with Crippen molar-refractivity contribution in [2.24, 2.45) is 0 Å². The van der Waals surface area contributed by atoms with Crippen LogP contribution in [0.4, 0.5) is 28.6 Å². The molecule has 9 nitrogen and oxygen atoms in total. The lowest BCUT2D eigenvalue weighted by atomic mass is 10.1. The molecular formula is C32H38N6O3S. The standard InChI is InChI=1S/C32H38N6O3S/c1-23-7-9-25(22-27(23)34-31(39)13-20-42)41-32-28(38-14-5-4-6-15-38)11-12-30(35-32)33-26-10-8-24(21-29(26)40-3)37-18-16-36(2)17-19-37/h7-12,21-22,42H,4-6,14-19H2,1-3H3,(H,33,35)(H,34,39). The second-order valence-electron chi connectivity index (χ2n) is 10.6. The summed E-state index contributed by atoms with van der Waals surface area (Å²) in [5, 5.41) is 8.56. The molecule has 3 heterocycles. The van der Waals surface area contributed by atoms with Crippen molar-refractivity contribution >= 4 is 47.1 Å². The van der Waals surface area contributed by atoms with Crippen LogP contribution in [-0.2, 0) is 4.79 Å². The van der Waals surface area contributed by atoms with Gasteiger partial charge in [-0.25, -0.2) is 0 Å². The number of rotatable bonds is 8. The summed E-state index contributed by atoms with van der Waals surface area (Å²) < 4.78 is 12.2. The number of hydrogen-bond donors (Lipinski definition) is 3. The van der Waals surface area contributed by atoms with E-state index in [0.717, 1.165) is 80.5 Å². The maximum Gasteiger partial charge on any atom is 0.301 e. The number of nitrogens with one attached hydrogen (secondary N) is 2. The van der Waals surface area contributed by atoms with Crippen LogP contribution in [0.25, 0.3) is 0 Å². The van der Waals surface area contributed by atoms with Gasteiger partial charge in [0.2, 0.25) is 5.88 Å². The Labute approximate surface area is 253 Å². The third-order valence-electron chi connectivity index (χ3n) is 7.69. The molecule has 3 aromatic rings. The Morgan fingerprint density at radius 1 is 0.929 bits per heavy atom. The van der Waals surface area contributed by atoms with Gasteiger partial charge in [-0.05, 0) is 74.4 Å². The first kappa shape index (κ1) is 29.4. The Morgan fingerprint density at radius 3 is 2.45 bits per heavy atom. The molecule has 0 spiro atoms. The van der Waals surface area contributed by atoms with Crippen molar-refractivity contribution in [2.45, 2.75) is 26.2 Å². The molecule has 1 amide bonds. The molecule has 2 saturated heterocycles. The van der Waals surface area contributed by atoms with Crippen LogP contribution < -0.4 is 29.9 Å². The van der Waals surface area contributed by atoms with Gasteiger partial charge in [0.25, 0.3) is 0 Å². The highest BCUT2D eigenvalue weighted by molar-refractivity contribution is 7.85. The number of anilines is 5. The molecule has 5 rings (SSSR count). The lowest BCUT2D eigenvalue weighted by molar-refractivity contribution is -0.111. The summed E-state index contributed by atoms with van der Waals surface area (Å²) >= 11 is 3.81. The van der Waals surface area contributed by atoms with Gasteiger partial charge in [0.05, 0.1) is 12.8 Å². The molecule has 2 fully saturated rings. The van der Waals surface area contributed by atoms with Crippen LogP contribution in [0.2, 0.25) is 0 Å². The number of ether oxygens (including phenoxy) is 2. The highest BCUT2D eigenvalue weighted by Crippen LogP contribution is 2.37. The van der Waals surface area contributed by atoms with Crippen LogP contribution in [0.1, 0.15) is 24.8 Å². The van der Waals surface area contributed by atoms with Crippen molar-refractivity contribution in [2.75, 3.05) is 73.9 Å². The van der Waals surface area contributed by atoms with Crippen LogP contribution >= 0.6 is 12.6 Å². The Kier molecular flexibility index (Phi) is 9.62. The van der Waals surface area contributed by atoms with E-state index in [2.05, 4.69) is 74.4 Å². The van der Waals surface area contributed by atoms with Crippen molar-refractivity contribution in [3.05, 3.63) is 54.1 Å². The second kappa shape index (κ2) is 13.7. The van der Waals surface area contributed by atoms with Crippen LogP contribution in [0, 0.1) is 18.1 Å². The molecule has 2 aromatic carbocycles. The monoisotopic (exact) mass is 586 g/mol. The molecule has 1 aromatic heterocycles. The number of piperidine rings is 1. The average Bonchev–Trinajstić information content (AvgIpc) is 3.00. The summed E-state index contributed by atoms with van der Waals surface area (Å²) in [6.45, 7) is 7.86. The van der Waals surface area contributed by atoms with Gasteiger partial charge in [-0.15, -0.1) is 0 Å². The molecule has 0 saturated carbocycles. The van der Waals surface area contributed by atoms with E-state index in [4.69, 9.17) is 14.5 Å². The van der Waals surface area contributed by atoms with Crippen LogP contribution in [0.3, 0.4) is 0 Å². The zero-order valence-electron chi connectivity index (χ0n) is 24.4. The van der Waals surface area contributed by atoms with E-state index >= 15 is 0 Å². The molecule has 220 valence electrons. The maximum absolute atomic E-state index is 12.1. The Bertz CT molecular complexity index is 1470.